The minimum atomic E-state index is -4.67. The number of carbonyl (C=O) groups is 1. The van der Waals surface area contributed by atoms with Gasteiger partial charge in [-0.25, -0.2) is 0 Å². The van der Waals surface area contributed by atoms with Crippen molar-refractivity contribution in [3.05, 3.63) is 70.2 Å². The molecule has 0 radical (unpaired) electrons. The maximum absolute atomic E-state index is 13.1. The van der Waals surface area contributed by atoms with Crippen LogP contribution in [0.2, 0.25) is 5.02 Å². The van der Waals surface area contributed by atoms with E-state index in [1.807, 2.05) is 6.07 Å². The van der Waals surface area contributed by atoms with E-state index in [0.29, 0.717) is 5.56 Å². The number of alkyl halides is 3. The van der Waals surface area contributed by atoms with Crippen molar-refractivity contribution >= 4 is 29.2 Å². The predicted molar refractivity (Wildman–Crippen MR) is 105 cm³/mol. The lowest BCUT2D eigenvalue weighted by atomic mass is 10.1. The van der Waals surface area contributed by atoms with E-state index in [1.165, 1.54) is 15.9 Å². The maximum atomic E-state index is 13.1. The van der Waals surface area contributed by atoms with Crippen LogP contribution in [-0.4, -0.2) is 46.5 Å². The topological polar surface area (TPSA) is 71.2 Å². The van der Waals surface area contributed by atoms with E-state index in [4.69, 9.17) is 22.4 Å². The Morgan fingerprint density at radius 2 is 1.79 bits per heavy atom. The highest BCUT2D eigenvalue weighted by atomic mass is 35.5. The molecule has 152 valence electrons. The van der Waals surface area contributed by atoms with Crippen LogP contribution in [-0.2, 0) is 6.18 Å². The quantitative estimate of drug-likeness (QED) is 0.552. The van der Waals surface area contributed by atoms with Gasteiger partial charge in [0.05, 0.1) is 28.7 Å². The van der Waals surface area contributed by atoms with E-state index >= 15 is 0 Å². The third-order valence-corrected chi connectivity index (χ3v) is 5.07. The standard InChI is InChI=1S/C20H18ClF3N4O/c1-12-10-27(11-16(25)28(12)18(26)13-6-3-2-4-7-13)19(29)14-8-5-9-15(17(14)21)20(22,23)24/h2-9,12,25-26H,10-11H2,1H3. The van der Waals surface area contributed by atoms with Crippen LogP contribution in [0.1, 0.15) is 28.4 Å². The summed E-state index contributed by atoms with van der Waals surface area (Å²) >= 11 is 5.87. The summed E-state index contributed by atoms with van der Waals surface area (Å²) in [6.45, 7) is 1.76. The van der Waals surface area contributed by atoms with Gasteiger partial charge < -0.3 is 9.80 Å². The van der Waals surface area contributed by atoms with Crippen molar-refractivity contribution in [2.45, 2.75) is 19.1 Å². The summed E-state index contributed by atoms with van der Waals surface area (Å²) in [7, 11) is 0. The Hall–Kier alpha value is -2.87. The number of carbonyl (C=O) groups excluding carboxylic acids is 1. The van der Waals surface area contributed by atoms with E-state index < -0.39 is 28.7 Å². The van der Waals surface area contributed by atoms with E-state index in [9.17, 15) is 18.0 Å². The molecule has 0 bridgehead atoms. The number of piperazine rings is 1. The summed E-state index contributed by atoms with van der Waals surface area (Å²) in [5, 5.41) is 16.1. The van der Waals surface area contributed by atoms with Crippen molar-refractivity contribution in [3.8, 4) is 0 Å². The average molecular weight is 423 g/mol. The number of hydrogen-bond donors (Lipinski definition) is 2. The molecule has 3 rings (SSSR count). The highest BCUT2D eigenvalue weighted by Gasteiger charge is 2.37. The number of benzene rings is 2. The minimum absolute atomic E-state index is 0.00838. The molecule has 1 amide bonds. The van der Waals surface area contributed by atoms with Crippen molar-refractivity contribution in [1.29, 1.82) is 10.8 Å². The van der Waals surface area contributed by atoms with Gasteiger partial charge in [-0.1, -0.05) is 48.0 Å². The van der Waals surface area contributed by atoms with E-state index in [-0.39, 0.29) is 30.3 Å². The molecule has 29 heavy (non-hydrogen) atoms. The van der Waals surface area contributed by atoms with Gasteiger partial charge in [0.25, 0.3) is 5.91 Å². The molecule has 0 saturated carbocycles. The second-order valence-electron chi connectivity index (χ2n) is 6.73. The summed E-state index contributed by atoms with van der Waals surface area (Å²) in [6, 6.07) is 11.7. The first kappa shape index (κ1) is 20.9. The number of nitrogens with one attached hydrogen (secondary N) is 2. The molecule has 0 aliphatic carbocycles. The Morgan fingerprint density at radius 3 is 2.38 bits per heavy atom. The van der Waals surface area contributed by atoms with Gasteiger partial charge in [0.2, 0.25) is 0 Å². The summed E-state index contributed by atoms with van der Waals surface area (Å²) in [4.78, 5) is 15.6. The van der Waals surface area contributed by atoms with Gasteiger partial charge in [-0.15, -0.1) is 0 Å². The molecule has 2 aromatic carbocycles. The van der Waals surface area contributed by atoms with Crippen LogP contribution in [0.5, 0.6) is 0 Å². The zero-order valence-corrected chi connectivity index (χ0v) is 16.2. The predicted octanol–water partition coefficient (Wildman–Crippen LogP) is 4.51. The lowest BCUT2D eigenvalue weighted by Gasteiger charge is -2.41. The van der Waals surface area contributed by atoms with E-state index in [2.05, 4.69) is 0 Å². The summed E-state index contributed by atoms with van der Waals surface area (Å²) in [5.41, 5.74) is -0.699. The lowest BCUT2D eigenvalue weighted by molar-refractivity contribution is -0.137. The zero-order valence-electron chi connectivity index (χ0n) is 15.4. The van der Waals surface area contributed by atoms with Crippen molar-refractivity contribution in [2.75, 3.05) is 13.1 Å². The maximum Gasteiger partial charge on any atom is 0.417 e. The first-order chi connectivity index (χ1) is 13.6. The second-order valence-corrected chi connectivity index (χ2v) is 7.11. The van der Waals surface area contributed by atoms with Crippen LogP contribution in [0.4, 0.5) is 13.2 Å². The molecule has 1 aliphatic heterocycles. The molecule has 1 unspecified atom stereocenters. The number of rotatable bonds is 2. The van der Waals surface area contributed by atoms with Crippen LogP contribution >= 0.6 is 11.6 Å². The number of halogens is 4. The normalized spacial score (nSPS) is 17.4. The molecular formula is C20H18ClF3N4O. The molecule has 9 heteroatoms. The zero-order chi connectivity index (χ0) is 21.3. The highest BCUT2D eigenvalue weighted by Crippen LogP contribution is 2.36. The fourth-order valence-corrected chi connectivity index (χ4v) is 3.63. The molecule has 1 aliphatic rings. The largest absolute Gasteiger partial charge is 0.417 e. The molecule has 5 nitrogen and oxygen atoms in total. The lowest BCUT2D eigenvalue weighted by Crippen LogP contribution is -2.58. The molecular weight excluding hydrogens is 405 g/mol. The number of amidine groups is 2. The first-order valence-corrected chi connectivity index (χ1v) is 9.14. The van der Waals surface area contributed by atoms with Gasteiger partial charge in [-0.3, -0.25) is 15.6 Å². The fraction of sp³-hybridized carbons (Fsp3) is 0.250. The van der Waals surface area contributed by atoms with Crippen LogP contribution in [0.15, 0.2) is 48.5 Å². The number of nitrogens with zero attached hydrogens (tertiary/aromatic N) is 2. The van der Waals surface area contributed by atoms with Crippen molar-refractivity contribution < 1.29 is 18.0 Å². The Bertz CT molecular complexity index is 962. The van der Waals surface area contributed by atoms with Crippen LogP contribution in [0, 0.1) is 10.8 Å². The van der Waals surface area contributed by atoms with Gasteiger partial charge in [-0.05, 0) is 19.1 Å². The molecule has 1 fully saturated rings. The Morgan fingerprint density at radius 1 is 1.14 bits per heavy atom. The highest BCUT2D eigenvalue weighted by molar-refractivity contribution is 6.34. The van der Waals surface area contributed by atoms with Crippen molar-refractivity contribution in [1.82, 2.24) is 9.80 Å². The summed E-state index contributed by atoms with van der Waals surface area (Å²) in [5.74, 6) is -0.537. The van der Waals surface area contributed by atoms with Gasteiger partial charge in [0, 0.05) is 12.1 Å². The molecule has 1 atom stereocenters. The SMILES string of the molecule is CC1CN(C(=O)c2cccc(C(F)(F)F)c2Cl)CC(=N)N1C(=N)c1ccccc1. The smallest absolute Gasteiger partial charge is 0.329 e. The first-order valence-electron chi connectivity index (χ1n) is 8.77. The van der Waals surface area contributed by atoms with Gasteiger partial charge in [-0.2, -0.15) is 13.2 Å². The van der Waals surface area contributed by atoms with Crippen LogP contribution < -0.4 is 0 Å². The Balaban J connectivity index is 1.83. The second kappa shape index (κ2) is 7.87. The molecule has 2 aromatic rings. The summed E-state index contributed by atoms with van der Waals surface area (Å²) < 4.78 is 39.3. The monoisotopic (exact) mass is 422 g/mol. The van der Waals surface area contributed by atoms with Crippen LogP contribution in [0.3, 0.4) is 0 Å². The molecule has 1 heterocycles. The molecule has 0 spiro atoms. The van der Waals surface area contributed by atoms with Crippen molar-refractivity contribution in [2.24, 2.45) is 0 Å². The fourth-order valence-electron chi connectivity index (χ4n) is 3.32. The van der Waals surface area contributed by atoms with Gasteiger partial charge >= 0.3 is 6.18 Å². The minimum Gasteiger partial charge on any atom is -0.329 e. The molecule has 1 saturated heterocycles. The van der Waals surface area contributed by atoms with E-state index in [1.54, 1.807) is 31.2 Å². The van der Waals surface area contributed by atoms with Gasteiger partial charge in [0.15, 0.2) is 0 Å². The molecule has 2 N–H and O–H groups in total. The average Bonchev–Trinajstić information content (AvgIpc) is 2.66. The summed E-state index contributed by atoms with van der Waals surface area (Å²) in [6.07, 6.45) is -4.67. The number of amides is 1. The Kier molecular flexibility index (Phi) is 5.66. The van der Waals surface area contributed by atoms with E-state index in [0.717, 1.165) is 12.1 Å². The Labute approximate surface area is 170 Å². The van der Waals surface area contributed by atoms with Crippen LogP contribution in [0.25, 0.3) is 0 Å². The van der Waals surface area contributed by atoms with Gasteiger partial charge in [0.1, 0.15) is 11.7 Å². The third-order valence-electron chi connectivity index (χ3n) is 4.67. The third kappa shape index (κ3) is 4.12. The number of hydrogen-bond acceptors (Lipinski definition) is 3. The molecule has 0 aromatic heterocycles. The van der Waals surface area contributed by atoms with Crippen molar-refractivity contribution in [3.63, 3.8) is 0 Å².